The number of rotatable bonds is 52. The fourth-order valence-corrected chi connectivity index (χ4v) is 8.86. The van der Waals surface area contributed by atoms with Crippen molar-refractivity contribution in [1.29, 1.82) is 0 Å². The maximum absolute atomic E-state index is 15.0. The van der Waals surface area contributed by atoms with Gasteiger partial charge in [-0.1, -0.05) is 26.0 Å². The Morgan fingerprint density at radius 3 is 0.595 bits per heavy atom. The van der Waals surface area contributed by atoms with Crippen LogP contribution in [0.4, 0.5) is 0 Å². The number of hydrogen-bond acceptors (Lipinski definition) is 39. The first kappa shape index (κ1) is 104. The zero-order valence-electron chi connectivity index (χ0n) is 67.9. The van der Waals surface area contributed by atoms with Gasteiger partial charge in [0.05, 0.1) is 105 Å². The van der Waals surface area contributed by atoms with Crippen molar-refractivity contribution in [2.45, 2.75) is 110 Å². The number of benzene rings is 2. The Hall–Kier alpha value is -8.52. The summed E-state index contributed by atoms with van der Waals surface area (Å²) in [6, 6.07) is 7.36. The van der Waals surface area contributed by atoms with Crippen molar-refractivity contribution in [2.24, 2.45) is 77.3 Å². The number of hydrogen-bond donors (Lipinski definition) is 15. The van der Waals surface area contributed by atoms with Gasteiger partial charge in [0.2, 0.25) is 0 Å². The van der Waals surface area contributed by atoms with Crippen LogP contribution in [-0.4, -0.2) is 300 Å². The van der Waals surface area contributed by atoms with Crippen LogP contribution in [0.2, 0.25) is 0 Å². The monoisotopic (exact) mass is 1660 g/mol. The zero-order valence-corrected chi connectivity index (χ0v) is 67.9. The molecule has 2 rings (SSSR count). The maximum atomic E-state index is 15.0. The number of carbonyl (C=O) groups is 12. The zero-order chi connectivity index (χ0) is 89.0. The number of aliphatic hydroxyl groups is 15. The van der Waals surface area contributed by atoms with E-state index in [9.17, 15) is 134 Å². The van der Waals surface area contributed by atoms with E-state index in [1.54, 1.807) is 13.8 Å². The van der Waals surface area contributed by atoms with Crippen molar-refractivity contribution in [3.63, 3.8) is 0 Å². The average Bonchev–Trinajstić information content (AvgIpc) is 0.776. The van der Waals surface area contributed by atoms with E-state index in [-0.39, 0.29) is 24.0 Å². The summed E-state index contributed by atoms with van der Waals surface area (Å²) in [5.41, 5.74) is -22.5. The second-order valence-corrected chi connectivity index (χ2v) is 32.6. The largest absolute Gasteiger partial charge is 0.464 e. The highest BCUT2D eigenvalue weighted by Gasteiger charge is 2.50. The Balaban J connectivity index is 3.16. The molecule has 0 spiro atoms. The van der Waals surface area contributed by atoms with E-state index >= 15 is 0 Å². The third kappa shape index (κ3) is 26.7. The van der Waals surface area contributed by atoms with Gasteiger partial charge in [0.25, 0.3) is 0 Å². The normalized spacial score (nSPS) is 13.9. The van der Waals surface area contributed by atoms with Crippen LogP contribution in [0.5, 0.6) is 23.0 Å². The summed E-state index contributed by atoms with van der Waals surface area (Å²) in [5, 5.41) is 150. The summed E-state index contributed by atoms with van der Waals surface area (Å²) in [6.07, 6.45) is -0.0644. The van der Waals surface area contributed by atoms with Gasteiger partial charge in [-0.05, 0) is 143 Å². The maximum Gasteiger partial charge on any atom is 0.324 e. The van der Waals surface area contributed by atoms with Crippen LogP contribution in [0.1, 0.15) is 108 Å². The van der Waals surface area contributed by atoms with E-state index in [2.05, 4.69) is 0 Å². The molecule has 0 aliphatic heterocycles. The molecule has 39 nitrogen and oxygen atoms in total. The average molecular weight is 1670 g/mol. The first-order valence-electron chi connectivity index (χ1n) is 36.6. The number of aliphatic hydroxyl groups excluding tert-OH is 15. The van der Waals surface area contributed by atoms with Crippen LogP contribution >= 0.6 is 0 Å². The highest BCUT2D eigenvalue weighted by Crippen LogP contribution is 2.40. The van der Waals surface area contributed by atoms with Crippen molar-refractivity contribution >= 4 is 71.6 Å². The molecule has 4 atom stereocenters. The van der Waals surface area contributed by atoms with Crippen LogP contribution in [0.15, 0.2) is 36.4 Å². The first-order chi connectivity index (χ1) is 53.9. The van der Waals surface area contributed by atoms with E-state index in [0.717, 1.165) is 88.3 Å². The van der Waals surface area contributed by atoms with E-state index in [1.165, 1.54) is 31.2 Å². The fourth-order valence-electron chi connectivity index (χ4n) is 8.86. The Kier molecular flexibility index (Phi) is 39.6. The third-order valence-corrected chi connectivity index (χ3v) is 20.1. The Morgan fingerprint density at radius 2 is 0.422 bits per heavy atom. The smallest absolute Gasteiger partial charge is 0.324 e. The summed E-state index contributed by atoms with van der Waals surface area (Å²) in [6.45, 7) is -5.74. The first-order valence-corrected chi connectivity index (χ1v) is 36.6. The lowest BCUT2D eigenvalue weighted by atomic mass is 9.85. The van der Waals surface area contributed by atoms with Crippen molar-refractivity contribution in [2.75, 3.05) is 152 Å². The molecule has 2 aromatic carbocycles. The van der Waals surface area contributed by atoms with Crippen molar-refractivity contribution < 1.29 is 191 Å². The van der Waals surface area contributed by atoms with Crippen molar-refractivity contribution in [3.05, 3.63) is 47.5 Å². The van der Waals surface area contributed by atoms with Gasteiger partial charge < -0.3 is 133 Å². The molecule has 0 bridgehead atoms. The van der Waals surface area contributed by atoms with Crippen LogP contribution in [-0.2, 0) is 108 Å². The van der Waals surface area contributed by atoms with E-state index in [0.29, 0.717) is 0 Å². The molecule has 0 fully saturated rings. The van der Waals surface area contributed by atoms with Crippen LogP contribution < -0.4 is 18.9 Å². The predicted octanol–water partition coefficient (Wildman–Crippen LogP) is -2.70. The highest BCUT2D eigenvalue weighted by molar-refractivity contribution is 5.87. The molecule has 0 radical (unpaired) electrons. The molecule has 0 aliphatic rings. The molecule has 658 valence electrons. The molecule has 0 saturated heterocycles. The van der Waals surface area contributed by atoms with Crippen LogP contribution in [0.3, 0.4) is 0 Å². The summed E-state index contributed by atoms with van der Waals surface area (Å²) >= 11 is 0. The van der Waals surface area contributed by atoms with Gasteiger partial charge in [0.15, 0.2) is 23.0 Å². The molecule has 116 heavy (non-hydrogen) atoms. The summed E-state index contributed by atoms with van der Waals surface area (Å²) in [5.74, 6) is -20.4. The quantitative estimate of drug-likeness (QED) is 0.0182. The third-order valence-electron chi connectivity index (χ3n) is 20.1. The molecular formula is C77H116O39. The Morgan fingerprint density at radius 1 is 0.250 bits per heavy atom. The molecule has 0 aromatic heterocycles. The molecular weight excluding hydrogens is 1550 g/mol. The lowest BCUT2D eigenvalue weighted by molar-refractivity contribution is -0.178. The fraction of sp³-hybridized carbons (Fsp3) is 0.688. The molecule has 15 N–H and O–H groups in total. The Labute approximate surface area is 669 Å². The van der Waals surface area contributed by atoms with Crippen LogP contribution in [0, 0.1) is 77.3 Å². The lowest BCUT2D eigenvalue weighted by Crippen LogP contribution is -2.46. The summed E-state index contributed by atoms with van der Waals surface area (Å²) in [7, 11) is 0. The van der Waals surface area contributed by atoms with Crippen molar-refractivity contribution in [1.82, 2.24) is 0 Å². The minimum Gasteiger partial charge on any atom is -0.464 e. The van der Waals surface area contributed by atoms with E-state index in [1.807, 2.05) is 0 Å². The topological polar surface area (TPSA) is 619 Å². The van der Waals surface area contributed by atoms with E-state index < -0.39 is 324 Å². The van der Waals surface area contributed by atoms with Crippen molar-refractivity contribution in [3.8, 4) is 23.0 Å². The Bertz CT molecular complexity index is 3550. The SMILES string of the molecule is CC(CO)C(=O)OCC(C)(COC(=O)C(C)(CO)CO)C(=O)Oc1ccc(CC(C)C(C)Cc2ccc(OC(=O)C(C)(COC(=O)C(C)(CO)CO)COC(=O)C(C)(CO)CO)c(OC(=O)C(C)(COC(=O)C(C)(CO)CO)COC(=O)C(C)(CO)CO)c2)cc1OC(=O)C(C)(COC(=O)C(C)(CO)CO)COC(=O)C(C)(CO)CO. The van der Waals surface area contributed by atoms with Gasteiger partial charge in [-0.25, -0.2) is 0 Å². The van der Waals surface area contributed by atoms with E-state index in [4.69, 9.17) is 56.8 Å². The number of ether oxygens (including phenoxy) is 12. The number of carbonyl (C=O) groups excluding carboxylic acids is 12. The minimum atomic E-state index is -2.35. The van der Waals surface area contributed by atoms with Gasteiger partial charge in [0, 0.05) is 0 Å². The van der Waals surface area contributed by atoms with Gasteiger partial charge in [-0.15, -0.1) is 0 Å². The van der Waals surface area contributed by atoms with Gasteiger partial charge in [-0.3, -0.25) is 57.5 Å². The predicted molar refractivity (Wildman–Crippen MR) is 393 cm³/mol. The van der Waals surface area contributed by atoms with Gasteiger partial charge in [-0.2, -0.15) is 0 Å². The lowest BCUT2D eigenvalue weighted by Gasteiger charge is -2.31. The second-order valence-electron chi connectivity index (χ2n) is 32.6. The molecule has 4 unspecified atom stereocenters. The van der Waals surface area contributed by atoms with Gasteiger partial charge in [0.1, 0.15) is 112 Å². The standard InChI is InChI=1S/C77H116O39/c1-46(19-49-15-17-51(113-63(101)74(11,38-105-55(93)48(3)23-78)39-106-56(94)67(4,24-79)25-80)53(21-49)115-65(103)76(13,42-109-59(97)70(7,30-85)31-86)43-110-60(98)71(8,32-87)33-88)47(2)20-50-16-18-52(114-64(102)75(12,40-107-57(95)68(5,26-81)27-82)41-108-58(96)69(6,28-83)29-84)54(22-50)116-66(104)77(14,44-111-61(99)72(9,34-89)35-90)45-112-62(100)73(10,36-91)37-92/h15-18,21-22,46-48,78-92H,19-20,23-45H2,1-14H3. The summed E-state index contributed by atoms with van der Waals surface area (Å²) in [4.78, 5) is 166. The highest BCUT2D eigenvalue weighted by atomic mass is 16.6. The number of esters is 12. The van der Waals surface area contributed by atoms with Crippen LogP contribution in [0.25, 0.3) is 0 Å². The van der Waals surface area contributed by atoms with Gasteiger partial charge >= 0.3 is 71.6 Å². The molecule has 39 heteroatoms. The molecule has 0 aliphatic carbocycles. The molecule has 0 amide bonds. The second kappa shape index (κ2) is 44.3. The molecule has 2 aromatic rings. The minimum absolute atomic E-state index is 0.0286. The molecule has 0 saturated carbocycles. The molecule has 0 heterocycles. The summed E-state index contributed by atoms with van der Waals surface area (Å²) < 4.78 is 66.9.